The van der Waals surface area contributed by atoms with Gasteiger partial charge in [0, 0.05) is 31.7 Å². The SMILES string of the molecule is CCN(Cc1ccccc1)C(=O)C1(O)CCN(c2ccccc2)C1=O. The van der Waals surface area contributed by atoms with Crippen molar-refractivity contribution in [2.75, 3.05) is 18.0 Å². The van der Waals surface area contributed by atoms with Crippen molar-refractivity contribution in [3.8, 4) is 0 Å². The lowest BCUT2D eigenvalue weighted by atomic mass is 10.00. The number of carbonyl (C=O) groups excluding carboxylic acids is 2. The van der Waals surface area contributed by atoms with Gasteiger partial charge in [0.25, 0.3) is 11.8 Å². The number of nitrogens with zero attached hydrogens (tertiary/aromatic N) is 2. The van der Waals surface area contributed by atoms with Crippen LogP contribution in [0.25, 0.3) is 0 Å². The third-order valence-electron chi connectivity index (χ3n) is 4.60. The van der Waals surface area contributed by atoms with Gasteiger partial charge in [0.2, 0.25) is 5.60 Å². The molecule has 0 aliphatic carbocycles. The highest BCUT2D eigenvalue weighted by Gasteiger charge is 2.53. The zero-order chi connectivity index (χ0) is 17.9. The molecule has 1 heterocycles. The Balaban J connectivity index is 1.79. The van der Waals surface area contributed by atoms with Gasteiger partial charge in [0.1, 0.15) is 0 Å². The summed E-state index contributed by atoms with van der Waals surface area (Å²) in [7, 11) is 0. The highest BCUT2D eigenvalue weighted by Crippen LogP contribution is 2.30. The highest BCUT2D eigenvalue weighted by molar-refractivity contribution is 6.16. The van der Waals surface area contributed by atoms with Crippen LogP contribution in [0.1, 0.15) is 18.9 Å². The fourth-order valence-corrected chi connectivity index (χ4v) is 3.15. The molecule has 5 heteroatoms. The Morgan fingerprint density at radius 3 is 2.32 bits per heavy atom. The van der Waals surface area contributed by atoms with E-state index in [1.165, 1.54) is 9.80 Å². The van der Waals surface area contributed by atoms with Gasteiger partial charge in [-0.15, -0.1) is 0 Å². The van der Waals surface area contributed by atoms with Crippen LogP contribution in [0.3, 0.4) is 0 Å². The largest absolute Gasteiger partial charge is 0.372 e. The Bertz CT molecular complexity index is 748. The van der Waals surface area contributed by atoms with Crippen molar-refractivity contribution in [2.45, 2.75) is 25.5 Å². The van der Waals surface area contributed by atoms with Gasteiger partial charge in [-0.1, -0.05) is 48.5 Å². The average molecular weight is 338 g/mol. The van der Waals surface area contributed by atoms with Crippen LogP contribution in [0, 0.1) is 0 Å². The summed E-state index contributed by atoms with van der Waals surface area (Å²) in [5.41, 5.74) is -0.324. The molecule has 5 nitrogen and oxygen atoms in total. The van der Waals surface area contributed by atoms with Gasteiger partial charge in [-0.05, 0) is 24.6 Å². The standard InChI is InChI=1S/C20H22N2O3/c1-2-21(15-16-9-5-3-6-10-16)18(23)20(25)13-14-22(19(20)24)17-11-7-4-8-12-17/h3-12,25H,2,13-15H2,1H3. The molecule has 1 aliphatic heterocycles. The molecule has 1 atom stereocenters. The molecule has 25 heavy (non-hydrogen) atoms. The van der Waals surface area contributed by atoms with Crippen LogP contribution in [0.15, 0.2) is 60.7 Å². The number of anilines is 1. The van der Waals surface area contributed by atoms with Crippen LogP contribution in [-0.2, 0) is 16.1 Å². The first kappa shape index (κ1) is 17.2. The Hall–Kier alpha value is -2.66. The third-order valence-corrected chi connectivity index (χ3v) is 4.60. The van der Waals surface area contributed by atoms with Crippen molar-refractivity contribution < 1.29 is 14.7 Å². The van der Waals surface area contributed by atoms with Gasteiger partial charge < -0.3 is 14.9 Å². The second-order valence-corrected chi connectivity index (χ2v) is 6.21. The summed E-state index contributed by atoms with van der Waals surface area (Å²) in [6.07, 6.45) is 0.102. The van der Waals surface area contributed by atoms with Crippen molar-refractivity contribution in [2.24, 2.45) is 0 Å². The Morgan fingerprint density at radius 2 is 1.72 bits per heavy atom. The van der Waals surface area contributed by atoms with Gasteiger partial charge in [0.05, 0.1) is 0 Å². The number of aliphatic hydroxyl groups is 1. The Kier molecular flexibility index (Phi) is 4.86. The normalized spacial score (nSPS) is 19.9. The van der Waals surface area contributed by atoms with E-state index in [9.17, 15) is 14.7 Å². The predicted octanol–water partition coefficient (Wildman–Crippen LogP) is 2.20. The molecule has 0 aromatic heterocycles. The maximum atomic E-state index is 12.9. The van der Waals surface area contributed by atoms with Gasteiger partial charge >= 0.3 is 0 Å². The molecule has 1 unspecified atom stereocenters. The Morgan fingerprint density at radius 1 is 1.12 bits per heavy atom. The summed E-state index contributed by atoms with van der Waals surface area (Å²) in [6, 6.07) is 18.7. The number of carbonyl (C=O) groups is 2. The molecule has 0 spiro atoms. The zero-order valence-corrected chi connectivity index (χ0v) is 14.3. The van der Waals surface area contributed by atoms with E-state index in [0.29, 0.717) is 25.3 Å². The van der Waals surface area contributed by atoms with Crippen LogP contribution in [-0.4, -0.2) is 40.5 Å². The summed E-state index contributed by atoms with van der Waals surface area (Å²) in [5.74, 6) is -1.07. The molecule has 0 saturated carbocycles. The molecule has 1 N–H and O–H groups in total. The number of rotatable bonds is 5. The van der Waals surface area contributed by atoms with Gasteiger partial charge in [-0.25, -0.2) is 0 Å². The summed E-state index contributed by atoms with van der Waals surface area (Å²) in [5, 5.41) is 10.9. The number of para-hydroxylation sites is 1. The smallest absolute Gasteiger partial charge is 0.268 e. The zero-order valence-electron chi connectivity index (χ0n) is 14.3. The average Bonchev–Trinajstić information content (AvgIpc) is 2.97. The molecule has 3 rings (SSSR count). The molecular formula is C20H22N2O3. The van der Waals surface area contributed by atoms with Crippen LogP contribution < -0.4 is 4.90 Å². The first-order chi connectivity index (χ1) is 12.1. The minimum absolute atomic E-state index is 0.102. The van der Waals surface area contributed by atoms with Crippen molar-refractivity contribution in [1.82, 2.24) is 4.90 Å². The number of benzene rings is 2. The summed E-state index contributed by atoms with van der Waals surface area (Å²) in [6.45, 7) is 2.97. The van der Waals surface area contributed by atoms with Gasteiger partial charge in [-0.3, -0.25) is 9.59 Å². The maximum absolute atomic E-state index is 12.9. The Labute approximate surface area is 147 Å². The van der Waals surface area contributed by atoms with E-state index in [-0.39, 0.29) is 6.42 Å². The molecular weight excluding hydrogens is 316 g/mol. The first-order valence-corrected chi connectivity index (χ1v) is 8.49. The maximum Gasteiger partial charge on any atom is 0.268 e. The van der Waals surface area contributed by atoms with E-state index >= 15 is 0 Å². The molecule has 0 bridgehead atoms. The van der Waals surface area contributed by atoms with Crippen LogP contribution >= 0.6 is 0 Å². The van der Waals surface area contributed by atoms with E-state index in [2.05, 4.69) is 0 Å². The fraction of sp³-hybridized carbons (Fsp3) is 0.300. The monoisotopic (exact) mass is 338 g/mol. The minimum atomic E-state index is -1.99. The van der Waals surface area contributed by atoms with Crippen molar-refractivity contribution in [3.05, 3.63) is 66.2 Å². The molecule has 1 aliphatic rings. The molecule has 2 aromatic carbocycles. The summed E-state index contributed by atoms with van der Waals surface area (Å²) >= 11 is 0. The number of amides is 2. The van der Waals surface area contributed by atoms with Crippen molar-refractivity contribution >= 4 is 17.5 Å². The fourth-order valence-electron chi connectivity index (χ4n) is 3.15. The van der Waals surface area contributed by atoms with Crippen LogP contribution in [0.5, 0.6) is 0 Å². The van der Waals surface area contributed by atoms with Crippen molar-refractivity contribution in [3.63, 3.8) is 0 Å². The quantitative estimate of drug-likeness (QED) is 0.850. The number of hydrogen-bond acceptors (Lipinski definition) is 3. The van der Waals surface area contributed by atoms with Gasteiger partial charge in [-0.2, -0.15) is 0 Å². The minimum Gasteiger partial charge on any atom is -0.372 e. The predicted molar refractivity (Wildman–Crippen MR) is 95.9 cm³/mol. The molecule has 0 radical (unpaired) electrons. The van der Waals surface area contributed by atoms with E-state index in [0.717, 1.165) is 5.56 Å². The molecule has 2 amide bonds. The van der Waals surface area contributed by atoms with E-state index in [4.69, 9.17) is 0 Å². The molecule has 1 saturated heterocycles. The van der Waals surface area contributed by atoms with Crippen LogP contribution in [0.4, 0.5) is 5.69 Å². The van der Waals surface area contributed by atoms with Crippen molar-refractivity contribution in [1.29, 1.82) is 0 Å². The second-order valence-electron chi connectivity index (χ2n) is 6.21. The second kappa shape index (κ2) is 7.07. The lowest BCUT2D eigenvalue weighted by molar-refractivity contribution is -0.157. The van der Waals surface area contributed by atoms with Gasteiger partial charge in [0.15, 0.2) is 0 Å². The molecule has 1 fully saturated rings. The highest BCUT2D eigenvalue weighted by atomic mass is 16.3. The first-order valence-electron chi connectivity index (χ1n) is 8.49. The lowest BCUT2D eigenvalue weighted by Crippen LogP contribution is -2.53. The van der Waals surface area contributed by atoms with E-state index in [1.807, 2.05) is 55.5 Å². The van der Waals surface area contributed by atoms with Crippen LogP contribution in [0.2, 0.25) is 0 Å². The number of likely N-dealkylation sites (N-methyl/N-ethyl adjacent to an activating group) is 1. The van der Waals surface area contributed by atoms with E-state index in [1.54, 1.807) is 12.1 Å². The van der Waals surface area contributed by atoms with E-state index < -0.39 is 17.4 Å². The third kappa shape index (κ3) is 3.28. The summed E-state index contributed by atoms with van der Waals surface area (Å²) in [4.78, 5) is 28.7. The lowest BCUT2D eigenvalue weighted by Gasteiger charge is -2.29. The summed E-state index contributed by atoms with van der Waals surface area (Å²) < 4.78 is 0. The topological polar surface area (TPSA) is 60.9 Å². The number of hydrogen-bond donors (Lipinski definition) is 1. The molecule has 130 valence electrons. The molecule has 2 aromatic rings.